The second-order valence-corrected chi connectivity index (χ2v) is 8.49. The fraction of sp³-hybridized carbons (Fsp3) is 0.143. The number of nitrogens with one attached hydrogen (secondary N) is 3. The lowest BCUT2D eigenvalue weighted by Crippen LogP contribution is -2.14. The molecule has 1 heterocycles. The zero-order chi connectivity index (χ0) is 24.9. The number of hydrogen-bond donors (Lipinski definition) is 4. The molecule has 0 fully saturated rings. The van der Waals surface area contributed by atoms with Crippen LogP contribution in [0.3, 0.4) is 0 Å². The third kappa shape index (κ3) is 5.94. The standard InChI is InChI=1S/C21H20FN7O4S/c1-12-3-4-14(10-18(12)34(24,31)32)27-21-25-11-15(22)20(29-21)26-13-5-6-16(17(9-13)33-2)28-19(30)7-8-23/h3-6,9-11H,7H2,1-2H3,(H,28,30)(H2,24,31,32)(H2,25,26,27,29). The van der Waals surface area contributed by atoms with Crippen molar-refractivity contribution in [1.82, 2.24) is 9.97 Å². The van der Waals surface area contributed by atoms with E-state index in [1.54, 1.807) is 31.2 Å². The minimum atomic E-state index is -3.93. The van der Waals surface area contributed by atoms with Crippen molar-refractivity contribution in [3.63, 3.8) is 0 Å². The zero-order valence-corrected chi connectivity index (χ0v) is 18.9. The Labute approximate surface area is 194 Å². The van der Waals surface area contributed by atoms with Crippen LogP contribution < -0.4 is 25.8 Å². The van der Waals surface area contributed by atoms with E-state index in [0.29, 0.717) is 22.6 Å². The number of ether oxygens (including phenoxy) is 1. The van der Waals surface area contributed by atoms with E-state index in [-0.39, 0.29) is 28.8 Å². The number of benzene rings is 2. The lowest BCUT2D eigenvalue weighted by molar-refractivity contribution is -0.115. The average Bonchev–Trinajstić information content (AvgIpc) is 2.77. The van der Waals surface area contributed by atoms with Gasteiger partial charge in [-0.15, -0.1) is 0 Å². The first-order valence-electron chi connectivity index (χ1n) is 9.65. The molecule has 0 saturated heterocycles. The van der Waals surface area contributed by atoms with E-state index < -0.39 is 21.7 Å². The first-order chi connectivity index (χ1) is 16.1. The molecule has 0 atom stereocenters. The van der Waals surface area contributed by atoms with Gasteiger partial charge in [-0.2, -0.15) is 10.2 Å². The molecular weight excluding hydrogens is 465 g/mol. The predicted molar refractivity (Wildman–Crippen MR) is 123 cm³/mol. The van der Waals surface area contributed by atoms with E-state index in [2.05, 4.69) is 25.9 Å². The summed E-state index contributed by atoms with van der Waals surface area (Å²) in [5.74, 6) is -1.13. The van der Waals surface area contributed by atoms with E-state index >= 15 is 0 Å². The lowest BCUT2D eigenvalue weighted by atomic mass is 10.2. The van der Waals surface area contributed by atoms with Crippen molar-refractivity contribution in [2.75, 3.05) is 23.1 Å². The van der Waals surface area contributed by atoms with Crippen LogP contribution in [0.25, 0.3) is 0 Å². The first kappa shape index (κ1) is 24.4. The van der Waals surface area contributed by atoms with Crippen LogP contribution in [0, 0.1) is 24.1 Å². The highest BCUT2D eigenvalue weighted by molar-refractivity contribution is 7.89. The Balaban J connectivity index is 1.84. The Hall–Kier alpha value is -4.28. The van der Waals surface area contributed by atoms with Gasteiger partial charge in [0.15, 0.2) is 11.6 Å². The van der Waals surface area contributed by atoms with Gasteiger partial charge in [0.05, 0.1) is 30.0 Å². The summed E-state index contributed by atoms with van der Waals surface area (Å²) in [7, 11) is -2.54. The molecule has 1 aromatic heterocycles. The van der Waals surface area contributed by atoms with Crippen LogP contribution in [0.15, 0.2) is 47.5 Å². The molecule has 0 aliphatic rings. The van der Waals surface area contributed by atoms with Gasteiger partial charge in [0.2, 0.25) is 21.9 Å². The second-order valence-electron chi connectivity index (χ2n) is 6.96. The molecule has 13 heteroatoms. The van der Waals surface area contributed by atoms with Gasteiger partial charge in [0.1, 0.15) is 12.2 Å². The Kier molecular flexibility index (Phi) is 7.24. The fourth-order valence-electron chi connectivity index (χ4n) is 2.90. The highest BCUT2D eigenvalue weighted by Gasteiger charge is 2.14. The maximum atomic E-state index is 14.4. The van der Waals surface area contributed by atoms with E-state index in [1.807, 2.05) is 0 Å². The highest BCUT2D eigenvalue weighted by Crippen LogP contribution is 2.30. The molecule has 0 radical (unpaired) electrons. The summed E-state index contributed by atoms with van der Waals surface area (Å²) in [6, 6.07) is 10.8. The van der Waals surface area contributed by atoms with Crippen LogP contribution in [0.2, 0.25) is 0 Å². The molecule has 176 valence electrons. The van der Waals surface area contributed by atoms with Gasteiger partial charge >= 0.3 is 0 Å². The number of amides is 1. The quantitative estimate of drug-likeness (QED) is 0.374. The molecule has 5 N–H and O–H groups in total. The third-order valence-corrected chi connectivity index (χ3v) is 5.53. The summed E-state index contributed by atoms with van der Waals surface area (Å²) in [6.45, 7) is 1.61. The molecule has 0 spiro atoms. The van der Waals surface area contributed by atoms with E-state index in [4.69, 9.17) is 15.1 Å². The maximum absolute atomic E-state index is 14.4. The minimum Gasteiger partial charge on any atom is -0.494 e. The van der Waals surface area contributed by atoms with E-state index in [9.17, 15) is 17.6 Å². The SMILES string of the molecule is COc1cc(Nc2nc(Nc3ccc(C)c(S(N)(=O)=O)c3)ncc2F)ccc1NC(=O)CC#N. The van der Waals surface area contributed by atoms with Crippen molar-refractivity contribution < 1.29 is 22.3 Å². The molecule has 2 aromatic carbocycles. The molecule has 34 heavy (non-hydrogen) atoms. The summed E-state index contributed by atoms with van der Waals surface area (Å²) in [4.78, 5) is 19.6. The van der Waals surface area contributed by atoms with Gasteiger partial charge in [-0.3, -0.25) is 4.79 Å². The number of carbonyl (C=O) groups excluding carboxylic acids is 1. The fourth-order valence-corrected chi connectivity index (χ4v) is 3.71. The van der Waals surface area contributed by atoms with E-state index in [1.165, 1.54) is 25.3 Å². The number of nitrogens with zero attached hydrogens (tertiary/aromatic N) is 3. The van der Waals surface area contributed by atoms with Gasteiger partial charge < -0.3 is 20.7 Å². The van der Waals surface area contributed by atoms with Gasteiger partial charge in [-0.05, 0) is 36.8 Å². The molecule has 0 saturated carbocycles. The van der Waals surface area contributed by atoms with Crippen molar-refractivity contribution in [1.29, 1.82) is 5.26 Å². The molecule has 0 unspecified atom stereocenters. The Morgan fingerprint density at radius 2 is 1.91 bits per heavy atom. The number of aryl methyl sites for hydroxylation is 1. The molecule has 11 nitrogen and oxygen atoms in total. The first-order valence-corrected chi connectivity index (χ1v) is 11.2. The van der Waals surface area contributed by atoms with E-state index in [0.717, 1.165) is 6.20 Å². The molecule has 0 aliphatic carbocycles. The van der Waals surface area contributed by atoms with Gasteiger partial charge in [0.25, 0.3) is 0 Å². The van der Waals surface area contributed by atoms with Crippen LogP contribution in [0.1, 0.15) is 12.0 Å². The van der Waals surface area contributed by atoms with Gasteiger partial charge in [0, 0.05) is 17.4 Å². The molecular formula is C21H20FN7O4S. The average molecular weight is 486 g/mol. The maximum Gasteiger partial charge on any atom is 0.238 e. The highest BCUT2D eigenvalue weighted by atomic mass is 32.2. The summed E-state index contributed by atoms with van der Waals surface area (Å²) in [5.41, 5.74) is 1.54. The third-order valence-electron chi connectivity index (χ3n) is 4.47. The number of hydrogen-bond acceptors (Lipinski definition) is 9. The monoisotopic (exact) mass is 485 g/mol. The molecule has 3 aromatic rings. The topological polar surface area (TPSA) is 172 Å². The summed E-state index contributed by atoms with van der Waals surface area (Å²) in [6.07, 6.45) is 0.630. The minimum absolute atomic E-state index is 0.000439. The number of carbonyl (C=O) groups is 1. The van der Waals surface area contributed by atoms with Crippen molar-refractivity contribution in [2.45, 2.75) is 18.2 Å². The predicted octanol–water partition coefficient (Wildman–Crippen LogP) is 2.92. The van der Waals surface area contributed by atoms with Gasteiger partial charge in [-0.1, -0.05) is 6.07 Å². The molecule has 0 bridgehead atoms. The summed E-state index contributed by atoms with van der Waals surface area (Å²) in [5, 5.41) is 22.0. The lowest BCUT2D eigenvalue weighted by Gasteiger charge is -2.13. The van der Waals surface area contributed by atoms with Gasteiger partial charge in [-0.25, -0.2) is 22.9 Å². The smallest absolute Gasteiger partial charge is 0.238 e. The number of rotatable bonds is 8. The zero-order valence-electron chi connectivity index (χ0n) is 18.1. The van der Waals surface area contributed by atoms with Crippen molar-refractivity contribution in [3.05, 3.63) is 54.0 Å². The number of aromatic nitrogens is 2. The number of primary sulfonamides is 1. The van der Waals surface area contributed by atoms with Crippen LogP contribution in [-0.2, 0) is 14.8 Å². The van der Waals surface area contributed by atoms with Crippen molar-refractivity contribution >= 4 is 44.8 Å². The number of methoxy groups -OCH3 is 1. The number of sulfonamides is 1. The number of nitriles is 1. The van der Waals surface area contributed by atoms with Crippen LogP contribution in [0.4, 0.5) is 33.2 Å². The normalized spacial score (nSPS) is 10.8. The summed E-state index contributed by atoms with van der Waals surface area (Å²) >= 11 is 0. The Bertz CT molecular complexity index is 1390. The van der Waals surface area contributed by atoms with Crippen molar-refractivity contribution in [2.24, 2.45) is 5.14 Å². The van der Waals surface area contributed by atoms with Crippen molar-refractivity contribution in [3.8, 4) is 11.8 Å². The van der Waals surface area contributed by atoms with Crippen LogP contribution >= 0.6 is 0 Å². The molecule has 3 rings (SSSR count). The Morgan fingerprint density at radius 1 is 1.21 bits per heavy atom. The molecule has 0 aliphatic heterocycles. The summed E-state index contributed by atoms with van der Waals surface area (Å²) < 4.78 is 43.1. The second kappa shape index (κ2) is 10.1. The van der Waals surface area contributed by atoms with Crippen LogP contribution in [0.5, 0.6) is 5.75 Å². The Morgan fingerprint density at radius 3 is 2.59 bits per heavy atom. The molecule has 1 amide bonds. The number of anilines is 5. The van der Waals surface area contributed by atoms with Crippen LogP contribution in [-0.4, -0.2) is 31.4 Å². The largest absolute Gasteiger partial charge is 0.494 e. The number of halogens is 1. The number of nitrogens with two attached hydrogens (primary N) is 1.